The Bertz CT molecular complexity index is 331. The Kier molecular flexibility index (Phi) is 6.26. The van der Waals surface area contributed by atoms with E-state index < -0.39 is 5.60 Å². The van der Waals surface area contributed by atoms with Crippen LogP contribution >= 0.6 is 0 Å². The number of carbonyl (C=O) groups is 2. The zero-order valence-corrected chi connectivity index (χ0v) is 13.0. The number of piperidine rings is 1. The summed E-state index contributed by atoms with van der Waals surface area (Å²) in [5.41, 5.74) is -0.454. The summed E-state index contributed by atoms with van der Waals surface area (Å²) in [4.78, 5) is 25.0. The summed E-state index contributed by atoms with van der Waals surface area (Å²) in [7, 11) is 0. The van der Waals surface area contributed by atoms with Gasteiger partial charge in [0.1, 0.15) is 5.60 Å². The number of ether oxygens (including phenoxy) is 1. The molecular formula is C14H27N3O3. The summed E-state index contributed by atoms with van der Waals surface area (Å²) >= 11 is 0. The summed E-state index contributed by atoms with van der Waals surface area (Å²) in [6.07, 6.45) is 1.44. The zero-order chi connectivity index (χ0) is 15.2. The molecule has 0 aromatic rings. The number of likely N-dealkylation sites (tertiary alicyclic amines) is 1. The average Bonchev–Trinajstić information content (AvgIpc) is 2.35. The van der Waals surface area contributed by atoms with E-state index in [2.05, 4.69) is 10.6 Å². The van der Waals surface area contributed by atoms with Crippen molar-refractivity contribution in [1.29, 1.82) is 0 Å². The Balaban J connectivity index is 2.26. The highest BCUT2D eigenvalue weighted by atomic mass is 16.6. The van der Waals surface area contributed by atoms with Crippen molar-refractivity contribution in [3.8, 4) is 0 Å². The number of rotatable bonds is 4. The first kappa shape index (κ1) is 16.8. The van der Waals surface area contributed by atoms with Crippen LogP contribution in [0.1, 0.15) is 40.5 Å². The Morgan fingerprint density at radius 3 is 2.35 bits per heavy atom. The summed E-state index contributed by atoms with van der Waals surface area (Å²) in [5, 5.41) is 5.97. The molecule has 1 fully saturated rings. The molecule has 0 radical (unpaired) electrons. The second-order valence-corrected chi connectivity index (χ2v) is 6.08. The summed E-state index contributed by atoms with van der Waals surface area (Å²) < 4.78 is 5.35. The Labute approximate surface area is 121 Å². The maximum atomic E-state index is 11.9. The highest BCUT2D eigenvalue weighted by Gasteiger charge is 2.26. The Morgan fingerprint density at radius 2 is 1.85 bits per heavy atom. The van der Waals surface area contributed by atoms with Crippen LogP contribution in [0, 0.1) is 0 Å². The number of carbonyl (C=O) groups excluding carboxylic acids is 2. The highest BCUT2D eigenvalue weighted by Crippen LogP contribution is 2.15. The molecule has 2 N–H and O–H groups in total. The standard InChI is InChI=1S/C14H27N3O3/c1-5-15-12(18)10-16-11-6-8-17(9-7-11)13(19)20-14(2,3)4/h11,16H,5-10H2,1-4H3,(H,15,18). The smallest absolute Gasteiger partial charge is 0.410 e. The zero-order valence-electron chi connectivity index (χ0n) is 13.0. The van der Waals surface area contributed by atoms with Crippen LogP contribution in [0.3, 0.4) is 0 Å². The van der Waals surface area contributed by atoms with Gasteiger partial charge < -0.3 is 20.3 Å². The number of likely N-dealkylation sites (N-methyl/N-ethyl adjacent to an activating group) is 1. The quantitative estimate of drug-likeness (QED) is 0.812. The van der Waals surface area contributed by atoms with E-state index in [4.69, 9.17) is 4.74 Å². The topological polar surface area (TPSA) is 70.7 Å². The molecule has 0 unspecified atom stereocenters. The monoisotopic (exact) mass is 285 g/mol. The lowest BCUT2D eigenvalue weighted by molar-refractivity contribution is -0.120. The van der Waals surface area contributed by atoms with Crippen molar-refractivity contribution in [2.45, 2.75) is 52.2 Å². The molecule has 116 valence electrons. The van der Waals surface area contributed by atoms with Crippen LogP contribution in [0.15, 0.2) is 0 Å². The highest BCUT2D eigenvalue weighted by molar-refractivity contribution is 5.77. The van der Waals surface area contributed by atoms with E-state index in [-0.39, 0.29) is 18.0 Å². The van der Waals surface area contributed by atoms with Gasteiger partial charge in [-0.3, -0.25) is 4.79 Å². The van der Waals surface area contributed by atoms with Gasteiger partial charge in [0.25, 0.3) is 0 Å². The first-order chi connectivity index (χ1) is 9.31. The van der Waals surface area contributed by atoms with E-state index in [1.54, 1.807) is 4.90 Å². The van der Waals surface area contributed by atoms with Crippen molar-refractivity contribution in [3.63, 3.8) is 0 Å². The van der Waals surface area contributed by atoms with E-state index in [0.717, 1.165) is 12.8 Å². The SMILES string of the molecule is CCNC(=O)CNC1CCN(C(=O)OC(C)(C)C)CC1. The molecule has 0 aromatic heterocycles. The minimum absolute atomic E-state index is 0.0158. The van der Waals surface area contributed by atoms with Crippen LogP contribution in [-0.4, -0.2) is 54.7 Å². The van der Waals surface area contributed by atoms with Gasteiger partial charge in [0, 0.05) is 25.7 Å². The lowest BCUT2D eigenvalue weighted by Crippen LogP contribution is -2.48. The molecular weight excluding hydrogens is 258 g/mol. The summed E-state index contributed by atoms with van der Waals surface area (Å²) in [5.74, 6) is 0.0158. The molecule has 20 heavy (non-hydrogen) atoms. The van der Waals surface area contributed by atoms with Crippen LogP contribution in [-0.2, 0) is 9.53 Å². The van der Waals surface area contributed by atoms with Crippen LogP contribution in [0.4, 0.5) is 4.79 Å². The van der Waals surface area contributed by atoms with E-state index in [0.29, 0.717) is 26.2 Å². The van der Waals surface area contributed by atoms with Gasteiger partial charge in [-0.05, 0) is 40.5 Å². The van der Waals surface area contributed by atoms with Gasteiger partial charge in [-0.15, -0.1) is 0 Å². The fourth-order valence-electron chi connectivity index (χ4n) is 2.09. The predicted octanol–water partition coefficient (Wildman–Crippen LogP) is 1.11. The van der Waals surface area contributed by atoms with Crippen LogP contribution in [0.5, 0.6) is 0 Å². The van der Waals surface area contributed by atoms with Crippen molar-refractivity contribution < 1.29 is 14.3 Å². The fraction of sp³-hybridized carbons (Fsp3) is 0.857. The molecule has 2 amide bonds. The number of amides is 2. The average molecular weight is 285 g/mol. The first-order valence-corrected chi connectivity index (χ1v) is 7.30. The van der Waals surface area contributed by atoms with Gasteiger partial charge >= 0.3 is 6.09 Å². The van der Waals surface area contributed by atoms with E-state index in [1.165, 1.54) is 0 Å². The van der Waals surface area contributed by atoms with Crippen molar-refractivity contribution in [2.75, 3.05) is 26.2 Å². The molecule has 1 heterocycles. The Hall–Kier alpha value is -1.30. The molecule has 1 saturated heterocycles. The lowest BCUT2D eigenvalue weighted by atomic mass is 10.1. The summed E-state index contributed by atoms with van der Waals surface area (Å²) in [6.45, 7) is 9.83. The van der Waals surface area contributed by atoms with Gasteiger partial charge in [0.2, 0.25) is 5.91 Å². The van der Waals surface area contributed by atoms with Gasteiger partial charge in [0.15, 0.2) is 0 Å². The molecule has 1 aliphatic heterocycles. The van der Waals surface area contributed by atoms with Crippen molar-refractivity contribution in [3.05, 3.63) is 0 Å². The molecule has 0 aliphatic carbocycles. The van der Waals surface area contributed by atoms with Gasteiger partial charge in [0.05, 0.1) is 6.54 Å². The molecule has 0 bridgehead atoms. The number of hydrogen-bond donors (Lipinski definition) is 2. The fourth-order valence-corrected chi connectivity index (χ4v) is 2.09. The second-order valence-electron chi connectivity index (χ2n) is 6.08. The predicted molar refractivity (Wildman–Crippen MR) is 77.5 cm³/mol. The van der Waals surface area contributed by atoms with Gasteiger partial charge in [-0.1, -0.05) is 0 Å². The molecule has 0 saturated carbocycles. The van der Waals surface area contributed by atoms with E-state index in [9.17, 15) is 9.59 Å². The largest absolute Gasteiger partial charge is 0.444 e. The minimum Gasteiger partial charge on any atom is -0.444 e. The van der Waals surface area contributed by atoms with Crippen LogP contribution in [0.2, 0.25) is 0 Å². The second kappa shape index (κ2) is 7.47. The third-order valence-electron chi connectivity index (χ3n) is 3.07. The molecule has 6 heteroatoms. The molecule has 1 rings (SSSR count). The maximum absolute atomic E-state index is 11.9. The van der Waals surface area contributed by atoms with Crippen molar-refractivity contribution in [1.82, 2.24) is 15.5 Å². The van der Waals surface area contributed by atoms with Crippen LogP contribution in [0.25, 0.3) is 0 Å². The number of hydrogen-bond acceptors (Lipinski definition) is 4. The third-order valence-corrected chi connectivity index (χ3v) is 3.07. The normalized spacial score (nSPS) is 16.9. The van der Waals surface area contributed by atoms with E-state index in [1.807, 2.05) is 27.7 Å². The lowest BCUT2D eigenvalue weighted by Gasteiger charge is -2.33. The first-order valence-electron chi connectivity index (χ1n) is 7.30. The molecule has 0 atom stereocenters. The minimum atomic E-state index is -0.454. The number of nitrogens with one attached hydrogen (secondary N) is 2. The van der Waals surface area contributed by atoms with Gasteiger partial charge in [-0.25, -0.2) is 4.79 Å². The number of nitrogens with zero attached hydrogens (tertiary/aromatic N) is 1. The molecule has 6 nitrogen and oxygen atoms in total. The maximum Gasteiger partial charge on any atom is 0.410 e. The van der Waals surface area contributed by atoms with Crippen molar-refractivity contribution in [2.24, 2.45) is 0 Å². The van der Waals surface area contributed by atoms with Crippen molar-refractivity contribution >= 4 is 12.0 Å². The molecule has 0 aromatic carbocycles. The Morgan fingerprint density at radius 1 is 1.25 bits per heavy atom. The third kappa shape index (κ3) is 6.23. The van der Waals surface area contributed by atoms with E-state index >= 15 is 0 Å². The molecule has 1 aliphatic rings. The van der Waals surface area contributed by atoms with Gasteiger partial charge in [-0.2, -0.15) is 0 Å². The summed E-state index contributed by atoms with van der Waals surface area (Å²) in [6, 6.07) is 0.288. The molecule has 0 spiro atoms. The van der Waals surface area contributed by atoms with Crippen LogP contribution < -0.4 is 10.6 Å².